The second-order valence-electron chi connectivity index (χ2n) is 5.14. The molecule has 1 aliphatic carbocycles. The van der Waals surface area contributed by atoms with Gasteiger partial charge in [-0.2, -0.15) is 0 Å². The maximum absolute atomic E-state index is 10.2. The third kappa shape index (κ3) is 3.03. The predicted octanol–water partition coefficient (Wildman–Crippen LogP) is 2.49. The van der Waals surface area contributed by atoms with Crippen LogP contribution in [0.25, 0.3) is 0 Å². The van der Waals surface area contributed by atoms with Gasteiger partial charge < -0.3 is 15.2 Å². The Morgan fingerprint density at radius 1 is 1.33 bits per heavy atom. The van der Waals surface area contributed by atoms with Crippen LogP contribution < -0.4 is 10.1 Å². The molecule has 1 fully saturated rings. The number of nitrogens with one attached hydrogen (secondary N) is 1. The standard InChI is InChI=1S/C15H23NO2/c1-10-11(2)15(18-3)7-6-13(10)14(17)8-9-16-12-4-5-12/h6-7,12,14,16-17H,4-5,8-9H2,1-3H3. The van der Waals surface area contributed by atoms with Gasteiger partial charge >= 0.3 is 0 Å². The second kappa shape index (κ2) is 5.72. The van der Waals surface area contributed by atoms with Crippen molar-refractivity contribution < 1.29 is 9.84 Å². The summed E-state index contributed by atoms with van der Waals surface area (Å²) in [5, 5.41) is 13.7. The first kappa shape index (κ1) is 13.4. The number of aliphatic hydroxyl groups is 1. The van der Waals surface area contributed by atoms with E-state index in [9.17, 15) is 5.11 Å². The summed E-state index contributed by atoms with van der Waals surface area (Å²) >= 11 is 0. The summed E-state index contributed by atoms with van der Waals surface area (Å²) in [6, 6.07) is 4.62. The van der Waals surface area contributed by atoms with Gasteiger partial charge in [0.05, 0.1) is 13.2 Å². The van der Waals surface area contributed by atoms with Crippen LogP contribution in [-0.4, -0.2) is 24.8 Å². The Bertz CT molecular complexity index is 413. The van der Waals surface area contributed by atoms with Crippen molar-refractivity contribution >= 4 is 0 Å². The average molecular weight is 249 g/mol. The van der Waals surface area contributed by atoms with Gasteiger partial charge in [-0.15, -0.1) is 0 Å². The van der Waals surface area contributed by atoms with E-state index in [-0.39, 0.29) is 6.10 Å². The Morgan fingerprint density at radius 3 is 2.67 bits per heavy atom. The fraction of sp³-hybridized carbons (Fsp3) is 0.600. The lowest BCUT2D eigenvalue weighted by atomic mass is 9.96. The van der Waals surface area contributed by atoms with E-state index in [0.29, 0.717) is 6.04 Å². The van der Waals surface area contributed by atoms with Crippen LogP contribution in [-0.2, 0) is 0 Å². The summed E-state index contributed by atoms with van der Waals surface area (Å²) in [4.78, 5) is 0. The second-order valence-corrected chi connectivity index (χ2v) is 5.14. The molecule has 0 radical (unpaired) electrons. The predicted molar refractivity (Wildman–Crippen MR) is 73.1 cm³/mol. The molecule has 0 aliphatic heterocycles. The molecule has 1 atom stereocenters. The molecule has 3 nitrogen and oxygen atoms in total. The van der Waals surface area contributed by atoms with Gasteiger partial charge in [0.25, 0.3) is 0 Å². The van der Waals surface area contributed by atoms with Crippen LogP contribution in [0.4, 0.5) is 0 Å². The van der Waals surface area contributed by atoms with Gasteiger partial charge in [0.1, 0.15) is 5.75 Å². The van der Waals surface area contributed by atoms with Crippen LogP contribution in [0.15, 0.2) is 12.1 Å². The van der Waals surface area contributed by atoms with E-state index in [0.717, 1.165) is 35.4 Å². The molecule has 2 rings (SSSR count). The summed E-state index contributed by atoms with van der Waals surface area (Å²) in [7, 11) is 1.68. The summed E-state index contributed by atoms with van der Waals surface area (Å²) in [5.74, 6) is 0.888. The van der Waals surface area contributed by atoms with E-state index >= 15 is 0 Å². The number of hydrogen-bond donors (Lipinski definition) is 2. The van der Waals surface area contributed by atoms with Gasteiger partial charge in [0, 0.05) is 6.04 Å². The molecular weight excluding hydrogens is 226 g/mol. The Labute approximate surface area is 109 Å². The van der Waals surface area contributed by atoms with E-state index < -0.39 is 0 Å². The number of benzene rings is 1. The molecule has 0 spiro atoms. The Balaban J connectivity index is 1.99. The van der Waals surface area contributed by atoms with Crippen molar-refractivity contribution in [2.24, 2.45) is 0 Å². The lowest BCUT2D eigenvalue weighted by molar-refractivity contribution is 0.166. The molecule has 1 aromatic rings. The maximum Gasteiger partial charge on any atom is 0.122 e. The zero-order valence-corrected chi connectivity index (χ0v) is 11.5. The van der Waals surface area contributed by atoms with Crippen LogP contribution in [0.5, 0.6) is 5.75 Å². The molecule has 1 saturated carbocycles. The normalized spacial score (nSPS) is 16.7. The monoisotopic (exact) mass is 249 g/mol. The largest absolute Gasteiger partial charge is 0.496 e. The van der Waals surface area contributed by atoms with Crippen LogP contribution in [0, 0.1) is 13.8 Å². The van der Waals surface area contributed by atoms with Gasteiger partial charge in [-0.1, -0.05) is 6.07 Å². The Morgan fingerprint density at radius 2 is 2.06 bits per heavy atom. The first-order valence-corrected chi connectivity index (χ1v) is 6.69. The third-order valence-corrected chi connectivity index (χ3v) is 3.79. The molecule has 0 saturated heterocycles. The Hall–Kier alpha value is -1.06. The molecular formula is C15H23NO2. The zero-order chi connectivity index (χ0) is 13.1. The highest BCUT2D eigenvalue weighted by molar-refractivity contribution is 5.44. The minimum Gasteiger partial charge on any atom is -0.496 e. The SMILES string of the molecule is COc1ccc(C(O)CCNC2CC2)c(C)c1C. The van der Waals surface area contributed by atoms with Crippen molar-refractivity contribution in [3.8, 4) is 5.75 Å². The van der Waals surface area contributed by atoms with Crippen molar-refractivity contribution in [1.82, 2.24) is 5.32 Å². The van der Waals surface area contributed by atoms with Gasteiger partial charge in [-0.3, -0.25) is 0 Å². The van der Waals surface area contributed by atoms with Gasteiger partial charge in [-0.05, 0) is 62.4 Å². The summed E-state index contributed by atoms with van der Waals surface area (Å²) in [6.07, 6.45) is 2.96. The molecule has 1 unspecified atom stereocenters. The van der Waals surface area contributed by atoms with Gasteiger partial charge in [0.2, 0.25) is 0 Å². The molecule has 0 bridgehead atoms. The maximum atomic E-state index is 10.2. The van der Waals surface area contributed by atoms with Gasteiger partial charge in [0.15, 0.2) is 0 Å². The summed E-state index contributed by atoms with van der Waals surface area (Å²) < 4.78 is 5.29. The number of methoxy groups -OCH3 is 1. The van der Waals surface area contributed by atoms with Crippen LogP contribution >= 0.6 is 0 Å². The molecule has 1 aromatic carbocycles. The molecule has 0 aromatic heterocycles. The van der Waals surface area contributed by atoms with E-state index in [4.69, 9.17) is 4.74 Å². The highest BCUT2D eigenvalue weighted by Crippen LogP contribution is 2.29. The van der Waals surface area contributed by atoms with Crippen LogP contribution in [0.2, 0.25) is 0 Å². The molecule has 100 valence electrons. The first-order valence-electron chi connectivity index (χ1n) is 6.69. The molecule has 18 heavy (non-hydrogen) atoms. The number of rotatable bonds is 6. The topological polar surface area (TPSA) is 41.5 Å². The lowest BCUT2D eigenvalue weighted by Crippen LogP contribution is -2.19. The number of ether oxygens (including phenoxy) is 1. The summed E-state index contributed by atoms with van der Waals surface area (Å²) in [5.41, 5.74) is 3.27. The zero-order valence-electron chi connectivity index (χ0n) is 11.5. The highest BCUT2D eigenvalue weighted by atomic mass is 16.5. The molecule has 3 heteroatoms. The van der Waals surface area contributed by atoms with Crippen molar-refractivity contribution in [2.75, 3.05) is 13.7 Å². The average Bonchev–Trinajstić information content (AvgIpc) is 3.16. The lowest BCUT2D eigenvalue weighted by Gasteiger charge is -2.17. The minimum absolute atomic E-state index is 0.388. The first-order chi connectivity index (χ1) is 8.63. The fourth-order valence-corrected chi connectivity index (χ4v) is 2.27. The van der Waals surface area contributed by atoms with Gasteiger partial charge in [-0.25, -0.2) is 0 Å². The minimum atomic E-state index is -0.388. The molecule has 1 aliphatic rings. The molecule has 0 amide bonds. The summed E-state index contributed by atoms with van der Waals surface area (Å²) in [6.45, 7) is 4.97. The van der Waals surface area contributed by atoms with Crippen molar-refractivity contribution in [3.05, 3.63) is 28.8 Å². The highest BCUT2D eigenvalue weighted by Gasteiger charge is 2.21. The number of hydrogen-bond acceptors (Lipinski definition) is 3. The quantitative estimate of drug-likeness (QED) is 0.814. The Kier molecular flexibility index (Phi) is 4.25. The van der Waals surface area contributed by atoms with E-state index in [1.54, 1.807) is 7.11 Å². The third-order valence-electron chi connectivity index (χ3n) is 3.79. The van der Waals surface area contributed by atoms with Crippen LogP contribution in [0.1, 0.15) is 42.1 Å². The van der Waals surface area contributed by atoms with E-state index in [1.807, 2.05) is 26.0 Å². The molecule has 0 heterocycles. The van der Waals surface area contributed by atoms with Crippen LogP contribution in [0.3, 0.4) is 0 Å². The van der Waals surface area contributed by atoms with E-state index in [2.05, 4.69) is 5.32 Å². The number of aliphatic hydroxyl groups excluding tert-OH is 1. The molecule has 2 N–H and O–H groups in total. The van der Waals surface area contributed by atoms with E-state index in [1.165, 1.54) is 12.8 Å². The smallest absolute Gasteiger partial charge is 0.122 e. The van der Waals surface area contributed by atoms with Crippen molar-refractivity contribution in [2.45, 2.75) is 45.3 Å². The van der Waals surface area contributed by atoms with Crippen molar-refractivity contribution in [3.63, 3.8) is 0 Å². The fourth-order valence-electron chi connectivity index (χ4n) is 2.27. The van der Waals surface area contributed by atoms with Crippen molar-refractivity contribution in [1.29, 1.82) is 0 Å².